The third kappa shape index (κ3) is 3.59. The third-order valence-electron chi connectivity index (χ3n) is 6.64. The summed E-state index contributed by atoms with van der Waals surface area (Å²) in [5.74, 6) is 0.204. The van der Waals surface area contributed by atoms with E-state index in [-0.39, 0.29) is 60.9 Å². The van der Waals surface area contributed by atoms with Gasteiger partial charge in [0, 0.05) is 49.3 Å². The first kappa shape index (κ1) is 22.8. The molecule has 3 saturated heterocycles. The molecule has 4 heterocycles. The SMILES string of the molecule is Cl.Cl.OC[C@H]1[C@H]2CN(c3nc4c(c(C(F)(F)F)n3)CCCC4)C[C@]23CNC[C@H]1O3. The highest BCUT2D eigenvalue weighted by molar-refractivity contribution is 5.85. The van der Waals surface area contributed by atoms with Crippen LogP contribution in [0.4, 0.5) is 19.1 Å². The number of halogens is 5. The predicted molar refractivity (Wildman–Crippen MR) is 105 cm³/mol. The molecule has 4 aliphatic rings. The number of ether oxygens (including phenoxy) is 1. The minimum Gasteiger partial charge on any atom is -0.396 e. The molecule has 11 heteroatoms. The van der Waals surface area contributed by atoms with Gasteiger partial charge in [0.15, 0.2) is 5.69 Å². The van der Waals surface area contributed by atoms with E-state index in [1.165, 1.54) is 0 Å². The molecule has 164 valence electrons. The van der Waals surface area contributed by atoms with Crippen LogP contribution < -0.4 is 10.2 Å². The van der Waals surface area contributed by atoms with Crippen molar-refractivity contribution in [2.45, 2.75) is 43.6 Å². The molecule has 0 unspecified atom stereocenters. The van der Waals surface area contributed by atoms with Crippen LogP contribution in [0.5, 0.6) is 0 Å². The number of morpholine rings is 1. The quantitative estimate of drug-likeness (QED) is 0.709. The van der Waals surface area contributed by atoms with Crippen molar-refractivity contribution in [2.75, 3.05) is 37.7 Å². The van der Waals surface area contributed by atoms with Gasteiger partial charge in [0.25, 0.3) is 0 Å². The van der Waals surface area contributed by atoms with Crippen LogP contribution >= 0.6 is 24.8 Å². The third-order valence-corrected chi connectivity index (χ3v) is 6.64. The summed E-state index contributed by atoms with van der Waals surface area (Å²) >= 11 is 0. The van der Waals surface area contributed by atoms with Gasteiger partial charge in [-0.3, -0.25) is 0 Å². The fourth-order valence-corrected chi connectivity index (χ4v) is 5.41. The number of anilines is 1. The molecule has 29 heavy (non-hydrogen) atoms. The molecule has 1 spiro atoms. The molecule has 3 fully saturated rings. The smallest absolute Gasteiger partial charge is 0.396 e. The summed E-state index contributed by atoms with van der Waals surface area (Å²) < 4.78 is 47.1. The number of aromatic nitrogens is 2. The highest BCUT2D eigenvalue weighted by atomic mass is 35.5. The second kappa shape index (κ2) is 8.00. The average Bonchev–Trinajstić information content (AvgIpc) is 3.08. The zero-order chi connectivity index (χ0) is 18.8. The van der Waals surface area contributed by atoms with Crippen LogP contribution in [0, 0.1) is 11.8 Å². The number of nitrogens with one attached hydrogen (secondary N) is 1. The van der Waals surface area contributed by atoms with E-state index in [1.807, 2.05) is 4.90 Å². The van der Waals surface area contributed by atoms with Crippen molar-refractivity contribution in [3.63, 3.8) is 0 Å². The minimum atomic E-state index is -4.48. The van der Waals surface area contributed by atoms with Gasteiger partial charge in [-0.05, 0) is 25.7 Å². The monoisotopic (exact) mass is 456 g/mol. The predicted octanol–water partition coefficient (Wildman–Crippen LogP) is 2.00. The summed E-state index contributed by atoms with van der Waals surface area (Å²) in [7, 11) is 0. The van der Waals surface area contributed by atoms with Gasteiger partial charge in [0.1, 0.15) is 5.60 Å². The average molecular weight is 457 g/mol. The molecular weight excluding hydrogens is 432 g/mol. The highest BCUT2D eigenvalue weighted by Crippen LogP contribution is 2.48. The second-order valence-corrected chi connectivity index (χ2v) is 8.19. The Bertz CT molecular complexity index is 769. The molecule has 0 saturated carbocycles. The van der Waals surface area contributed by atoms with Gasteiger partial charge in [0.2, 0.25) is 5.95 Å². The van der Waals surface area contributed by atoms with Crippen LogP contribution in [0.25, 0.3) is 0 Å². The molecule has 3 aliphatic heterocycles. The number of aliphatic hydroxyl groups is 1. The Morgan fingerprint density at radius 2 is 1.97 bits per heavy atom. The van der Waals surface area contributed by atoms with Gasteiger partial charge in [-0.25, -0.2) is 9.97 Å². The molecule has 2 bridgehead atoms. The van der Waals surface area contributed by atoms with Crippen LogP contribution in [-0.4, -0.2) is 59.6 Å². The van der Waals surface area contributed by atoms with Gasteiger partial charge >= 0.3 is 6.18 Å². The summed E-state index contributed by atoms with van der Waals surface area (Å²) in [6.07, 6.45) is -1.96. The maximum atomic E-state index is 13.6. The van der Waals surface area contributed by atoms with Gasteiger partial charge in [0.05, 0.1) is 12.6 Å². The summed E-state index contributed by atoms with van der Waals surface area (Å²) in [6.45, 7) is 2.33. The highest BCUT2D eigenvalue weighted by Gasteiger charge is 2.61. The topological polar surface area (TPSA) is 70.5 Å². The largest absolute Gasteiger partial charge is 0.433 e. The molecule has 0 amide bonds. The van der Waals surface area contributed by atoms with Crippen LogP contribution in [0.1, 0.15) is 29.8 Å². The van der Waals surface area contributed by atoms with Gasteiger partial charge in [-0.2, -0.15) is 13.2 Å². The lowest BCUT2D eigenvalue weighted by Gasteiger charge is -2.34. The Morgan fingerprint density at radius 1 is 1.21 bits per heavy atom. The Labute approximate surface area is 179 Å². The molecule has 5 rings (SSSR count). The molecule has 0 aromatic carbocycles. The van der Waals surface area contributed by atoms with E-state index < -0.39 is 17.5 Å². The minimum absolute atomic E-state index is 0. The van der Waals surface area contributed by atoms with Crippen molar-refractivity contribution in [2.24, 2.45) is 11.8 Å². The molecule has 4 atom stereocenters. The van der Waals surface area contributed by atoms with Crippen molar-refractivity contribution < 1.29 is 23.0 Å². The van der Waals surface area contributed by atoms with Crippen molar-refractivity contribution >= 4 is 30.8 Å². The molecule has 6 nitrogen and oxygen atoms in total. The molecule has 1 aromatic rings. The van der Waals surface area contributed by atoms with Crippen LogP contribution in [0.3, 0.4) is 0 Å². The molecule has 0 radical (unpaired) electrons. The Morgan fingerprint density at radius 3 is 2.69 bits per heavy atom. The molecular formula is C18H25Cl2F3N4O2. The molecule has 1 aromatic heterocycles. The normalized spacial score (nSPS) is 32.8. The Hall–Kier alpha value is -0.870. The number of alkyl halides is 3. The van der Waals surface area contributed by atoms with E-state index >= 15 is 0 Å². The van der Waals surface area contributed by atoms with Crippen LogP contribution in [0.15, 0.2) is 0 Å². The lowest BCUT2D eigenvalue weighted by atomic mass is 9.83. The van der Waals surface area contributed by atoms with Crippen molar-refractivity contribution in [1.82, 2.24) is 15.3 Å². The molecule has 2 N–H and O–H groups in total. The first-order valence-electron chi connectivity index (χ1n) is 9.62. The van der Waals surface area contributed by atoms with E-state index in [0.717, 1.165) is 12.8 Å². The van der Waals surface area contributed by atoms with E-state index in [0.29, 0.717) is 44.7 Å². The summed E-state index contributed by atoms with van der Waals surface area (Å²) in [6, 6.07) is 0. The summed E-state index contributed by atoms with van der Waals surface area (Å²) in [5.41, 5.74) is -0.462. The molecule has 1 aliphatic carbocycles. The second-order valence-electron chi connectivity index (χ2n) is 8.19. The summed E-state index contributed by atoms with van der Waals surface area (Å²) in [4.78, 5) is 10.3. The number of nitrogens with zero attached hydrogens (tertiary/aromatic N) is 3. The van der Waals surface area contributed by atoms with Crippen molar-refractivity contribution in [1.29, 1.82) is 0 Å². The van der Waals surface area contributed by atoms with Crippen LogP contribution in [-0.2, 0) is 23.8 Å². The van der Waals surface area contributed by atoms with E-state index in [4.69, 9.17) is 4.74 Å². The lowest BCUT2D eigenvalue weighted by Crippen LogP contribution is -2.52. The van der Waals surface area contributed by atoms with E-state index in [9.17, 15) is 18.3 Å². The number of hydrogen-bond donors (Lipinski definition) is 2. The van der Waals surface area contributed by atoms with Gasteiger partial charge in [-0.15, -0.1) is 24.8 Å². The lowest BCUT2D eigenvalue weighted by molar-refractivity contribution is -0.142. The zero-order valence-corrected chi connectivity index (χ0v) is 17.4. The number of rotatable bonds is 2. The van der Waals surface area contributed by atoms with Crippen LogP contribution in [0.2, 0.25) is 0 Å². The van der Waals surface area contributed by atoms with Gasteiger partial charge in [-0.1, -0.05) is 0 Å². The first-order valence-corrected chi connectivity index (χ1v) is 9.62. The Kier molecular flexibility index (Phi) is 6.29. The first-order chi connectivity index (χ1) is 12.9. The van der Waals surface area contributed by atoms with Crippen molar-refractivity contribution in [3.8, 4) is 0 Å². The number of hydrogen-bond acceptors (Lipinski definition) is 6. The van der Waals surface area contributed by atoms with E-state index in [2.05, 4.69) is 15.3 Å². The fraction of sp³-hybridized carbons (Fsp3) is 0.778. The number of aliphatic hydroxyl groups excluding tert-OH is 1. The maximum absolute atomic E-state index is 13.6. The standard InChI is InChI=1S/C18H23F3N4O2.2ClH/c19-18(20,21)15-10-3-1-2-4-13(10)23-16(24-15)25-6-12-11(7-26)14-5-22-8-17(12,9-25)27-14;;/h11-12,14,22,26H,1-9H2;2*1H/t11-,12+,14+,17+;;/m0../s1. The number of aryl methyl sites for hydroxylation is 1. The summed E-state index contributed by atoms with van der Waals surface area (Å²) in [5, 5.41) is 13.2. The number of fused-ring (bicyclic) bond motifs is 2. The zero-order valence-electron chi connectivity index (χ0n) is 15.7. The van der Waals surface area contributed by atoms with E-state index in [1.54, 1.807) is 0 Å². The van der Waals surface area contributed by atoms with Gasteiger partial charge < -0.3 is 20.1 Å². The maximum Gasteiger partial charge on any atom is 0.433 e. The Balaban J connectivity index is 0.00000120. The van der Waals surface area contributed by atoms with Crippen molar-refractivity contribution in [3.05, 3.63) is 17.0 Å². The fourth-order valence-electron chi connectivity index (χ4n) is 5.41.